The van der Waals surface area contributed by atoms with Crippen molar-refractivity contribution in [2.75, 3.05) is 6.54 Å². The molecule has 1 unspecified atom stereocenters. The number of halogens is 1. The highest BCUT2D eigenvalue weighted by molar-refractivity contribution is 7.91. The van der Waals surface area contributed by atoms with Gasteiger partial charge < -0.3 is 11.1 Å². The largest absolute Gasteiger partial charge is 0.350 e. The lowest BCUT2D eigenvalue weighted by Gasteiger charge is -2.34. The van der Waals surface area contributed by atoms with Crippen LogP contribution in [0.1, 0.15) is 38.8 Å². The lowest BCUT2D eigenvalue weighted by molar-refractivity contribution is -0.125. The minimum absolute atomic E-state index is 0.0442. The van der Waals surface area contributed by atoms with Crippen molar-refractivity contribution in [3.05, 3.63) is 58.8 Å². The second kappa shape index (κ2) is 7.25. The van der Waals surface area contributed by atoms with Gasteiger partial charge in [-0.2, -0.15) is 0 Å². The lowest BCUT2D eigenvalue weighted by Crippen LogP contribution is -2.45. The fraction of sp³-hybridized carbons (Fsp3) is 0.409. The third-order valence-electron chi connectivity index (χ3n) is 6.43. The Morgan fingerprint density at radius 1 is 1.27 bits per heavy atom. The first-order valence-electron chi connectivity index (χ1n) is 10.0. The zero-order valence-corrected chi connectivity index (χ0v) is 18.7. The summed E-state index contributed by atoms with van der Waals surface area (Å²) in [4.78, 5) is 12.5. The van der Waals surface area contributed by atoms with Crippen LogP contribution in [0.25, 0.3) is 10.9 Å². The number of hydrogen-bond donors (Lipinski definition) is 2. The predicted molar refractivity (Wildman–Crippen MR) is 120 cm³/mol. The summed E-state index contributed by atoms with van der Waals surface area (Å²) in [6.07, 6.45) is 5.45. The van der Waals surface area contributed by atoms with Crippen molar-refractivity contribution in [3.63, 3.8) is 0 Å². The molecule has 2 aromatic rings. The minimum atomic E-state index is -3.95. The summed E-state index contributed by atoms with van der Waals surface area (Å²) in [5.74, 6) is -0.0471. The highest BCUT2D eigenvalue weighted by atomic mass is 35.5. The molecule has 1 aromatic heterocycles. The molecule has 1 heterocycles. The Morgan fingerprint density at radius 2 is 1.97 bits per heavy atom. The van der Waals surface area contributed by atoms with Crippen LogP contribution < -0.4 is 11.1 Å². The maximum atomic E-state index is 14.0. The number of fused-ring (bicyclic) bond motifs is 1. The van der Waals surface area contributed by atoms with Crippen LogP contribution in [0.15, 0.2) is 53.1 Å². The van der Waals surface area contributed by atoms with Crippen LogP contribution in [0.2, 0.25) is 0 Å². The van der Waals surface area contributed by atoms with Gasteiger partial charge in [0.25, 0.3) is 0 Å². The summed E-state index contributed by atoms with van der Waals surface area (Å²) in [6.45, 7) is 3.76. The first-order chi connectivity index (χ1) is 14.1. The highest BCUT2D eigenvalue weighted by Gasteiger charge is 2.47. The van der Waals surface area contributed by atoms with Crippen molar-refractivity contribution in [2.24, 2.45) is 11.1 Å². The first kappa shape index (κ1) is 21.2. The van der Waals surface area contributed by atoms with E-state index >= 15 is 0 Å². The van der Waals surface area contributed by atoms with E-state index in [4.69, 9.17) is 17.3 Å². The lowest BCUT2D eigenvalue weighted by atomic mass is 9.92. The second-order valence-corrected chi connectivity index (χ2v) is 11.2. The van der Waals surface area contributed by atoms with E-state index in [1.54, 1.807) is 31.2 Å². The standard InChI is InChI=1S/C22H26ClN3O3S/c1-21(10-11-21)20(27)25-14-16-12-15-6-3-4-8-19(15)26(16)30(28,29)22(2)9-5-7-18(23)17(22)13-24/h3-8,12H,9-11,13-14,24H2,1-2H3,(H,25,27). The van der Waals surface area contributed by atoms with Gasteiger partial charge >= 0.3 is 0 Å². The molecule has 0 spiro atoms. The summed E-state index contributed by atoms with van der Waals surface area (Å²) >= 11 is 6.33. The van der Waals surface area contributed by atoms with Gasteiger partial charge in [-0.05, 0) is 50.0 Å². The summed E-state index contributed by atoms with van der Waals surface area (Å²) in [5, 5.41) is 4.08. The Kier molecular flexibility index (Phi) is 5.11. The fourth-order valence-corrected chi connectivity index (χ4v) is 6.53. The van der Waals surface area contributed by atoms with E-state index in [-0.39, 0.29) is 30.8 Å². The molecule has 160 valence electrons. The molecule has 2 aliphatic rings. The minimum Gasteiger partial charge on any atom is -0.350 e. The van der Waals surface area contributed by atoms with Crippen molar-refractivity contribution in [2.45, 2.75) is 44.4 Å². The van der Waals surface area contributed by atoms with Gasteiger partial charge in [-0.15, -0.1) is 0 Å². The summed E-state index contributed by atoms with van der Waals surface area (Å²) in [6, 6.07) is 9.12. The molecule has 1 fully saturated rings. The van der Waals surface area contributed by atoms with Crippen LogP contribution in [0.3, 0.4) is 0 Å². The highest BCUT2D eigenvalue weighted by Crippen LogP contribution is 2.45. The Morgan fingerprint density at radius 3 is 2.63 bits per heavy atom. The fourth-order valence-electron chi connectivity index (χ4n) is 4.03. The van der Waals surface area contributed by atoms with Gasteiger partial charge in [0, 0.05) is 22.4 Å². The molecule has 1 saturated carbocycles. The molecule has 4 rings (SSSR count). The first-order valence-corrected chi connectivity index (χ1v) is 11.8. The average molecular weight is 448 g/mol. The van der Waals surface area contributed by atoms with Gasteiger partial charge in [0.2, 0.25) is 15.9 Å². The van der Waals surface area contributed by atoms with Crippen LogP contribution in [0, 0.1) is 5.41 Å². The van der Waals surface area contributed by atoms with Crippen molar-refractivity contribution in [1.29, 1.82) is 0 Å². The van der Waals surface area contributed by atoms with Gasteiger partial charge in [0.1, 0.15) is 4.75 Å². The van der Waals surface area contributed by atoms with E-state index < -0.39 is 14.8 Å². The summed E-state index contributed by atoms with van der Waals surface area (Å²) in [7, 11) is -3.95. The number of hydrogen-bond acceptors (Lipinski definition) is 4. The summed E-state index contributed by atoms with van der Waals surface area (Å²) in [5.41, 5.74) is 7.16. The van der Waals surface area contributed by atoms with Gasteiger partial charge in [-0.1, -0.05) is 42.8 Å². The second-order valence-electron chi connectivity index (χ2n) is 8.58. The monoisotopic (exact) mass is 447 g/mol. The number of carbonyl (C=O) groups is 1. The SMILES string of the molecule is CC1(C(=O)NCc2cc3ccccc3n2S(=O)(=O)C2(C)CC=CC(Cl)=C2CN)CC1. The average Bonchev–Trinajstić information content (AvgIpc) is 3.34. The molecule has 0 aliphatic heterocycles. The Bertz CT molecular complexity index is 1190. The number of allylic oxidation sites excluding steroid dienone is 3. The number of rotatable bonds is 6. The maximum absolute atomic E-state index is 14.0. The Labute approximate surface area is 181 Å². The molecule has 1 atom stereocenters. The molecule has 3 N–H and O–H groups in total. The van der Waals surface area contributed by atoms with E-state index in [2.05, 4.69) is 5.32 Å². The predicted octanol–water partition coefficient (Wildman–Crippen LogP) is 3.41. The van der Waals surface area contributed by atoms with E-state index in [0.29, 0.717) is 21.8 Å². The van der Waals surface area contributed by atoms with Crippen molar-refractivity contribution in [1.82, 2.24) is 9.29 Å². The molecule has 2 aliphatic carbocycles. The molecule has 30 heavy (non-hydrogen) atoms. The number of nitrogens with zero attached hydrogens (tertiary/aromatic N) is 1. The molecule has 0 bridgehead atoms. The van der Waals surface area contributed by atoms with Crippen LogP contribution in [0.5, 0.6) is 0 Å². The number of nitrogens with two attached hydrogens (primary N) is 1. The number of carbonyl (C=O) groups excluding carboxylic acids is 1. The molecular formula is C22H26ClN3O3S. The van der Waals surface area contributed by atoms with Crippen molar-refractivity contribution < 1.29 is 13.2 Å². The van der Waals surface area contributed by atoms with E-state index in [1.165, 1.54) is 3.97 Å². The van der Waals surface area contributed by atoms with E-state index in [1.807, 2.05) is 25.1 Å². The molecule has 1 amide bonds. The Hall–Kier alpha value is -2.09. The number of amides is 1. The van der Waals surface area contributed by atoms with Gasteiger partial charge in [-0.3, -0.25) is 4.79 Å². The van der Waals surface area contributed by atoms with Gasteiger partial charge in [0.05, 0.1) is 17.8 Å². The smallest absolute Gasteiger partial charge is 0.249 e. The zero-order valence-electron chi connectivity index (χ0n) is 17.1. The number of aromatic nitrogens is 1. The number of nitrogens with one attached hydrogen (secondary N) is 1. The molecule has 8 heteroatoms. The third kappa shape index (κ3) is 3.20. The summed E-state index contributed by atoms with van der Waals surface area (Å²) < 4.78 is 28.2. The molecule has 0 radical (unpaired) electrons. The van der Waals surface area contributed by atoms with Crippen LogP contribution in [0.4, 0.5) is 0 Å². The number of benzene rings is 1. The van der Waals surface area contributed by atoms with Crippen molar-refractivity contribution >= 4 is 38.4 Å². The zero-order chi connectivity index (χ0) is 21.7. The van der Waals surface area contributed by atoms with E-state index in [9.17, 15) is 13.2 Å². The van der Waals surface area contributed by atoms with Crippen LogP contribution >= 0.6 is 11.6 Å². The third-order valence-corrected chi connectivity index (χ3v) is 9.25. The van der Waals surface area contributed by atoms with Gasteiger partial charge in [0.15, 0.2) is 0 Å². The molecule has 0 saturated heterocycles. The molecule has 1 aromatic carbocycles. The van der Waals surface area contributed by atoms with Crippen LogP contribution in [-0.2, 0) is 21.4 Å². The molecule has 6 nitrogen and oxygen atoms in total. The Balaban J connectivity index is 1.82. The number of para-hydroxylation sites is 1. The topological polar surface area (TPSA) is 94.2 Å². The van der Waals surface area contributed by atoms with Crippen LogP contribution in [-0.4, -0.2) is 29.6 Å². The van der Waals surface area contributed by atoms with Crippen molar-refractivity contribution in [3.8, 4) is 0 Å². The molecular weight excluding hydrogens is 422 g/mol. The van der Waals surface area contributed by atoms with E-state index in [0.717, 1.165) is 18.2 Å². The van der Waals surface area contributed by atoms with Gasteiger partial charge in [-0.25, -0.2) is 12.4 Å². The maximum Gasteiger partial charge on any atom is 0.249 e. The normalized spacial score (nSPS) is 23.1. The quantitative estimate of drug-likeness (QED) is 0.709.